The van der Waals surface area contributed by atoms with Gasteiger partial charge in [0.25, 0.3) is 11.8 Å². The van der Waals surface area contributed by atoms with E-state index in [2.05, 4.69) is 10.5 Å². The van der Waals surface area contributed by atoms with Crippen molar-refractivity contribution in [1.29, 1.82) is 0 Å². The van der Waals surface area contributed by atoms with Gasteiger partial charge in [0, 0.05) is 30.2 Å². The Hall–Kier alpha value is -4.11. The fraction of sp³-hybridized carbons (Fsp3) is 0.296. The van der Waals surface area contributed by atoms with Crippen LogP contribution in [0.15, 0.2) is 59.7 Å². The molecule has 9 heteroatoms. The Labute approximate surface area is 210 Å². The highest BCUT2D eigenvalue weighted by Crippen LogP contribution is 2.27. The molecule has 0 unspecified atom stereocenters. The number of para-hydroxylation sites is 1. The lowest BCUT2D eigenvalue weighted by Crippen LogP contribution is -2.43. The number of amides is 2. The monoisotopic (exact) mass is 490 g/mol. The number of ether oxygens (including phenoxy) is 3. The van der Waals surface area contributed by atoms with Crippen LogP contribution in [0.3, 0.4) is 0 Å². The van der Waals surface area contributed by atoms with Crippen LogP contribution in [0.4, 0.5) is 0 Å². The van der Waals surface area contributed by atoms with Gasteiger partial charge in [0.15, 0.2) is 18.1 Å². The van der Waals surface area contributed by atoms with Gasteiger partial charge in [0.2, 0.25) is 0 Å². The van der Waals surface area contributed by atoms with E-state index in [0.717, 1.165) is 17.1 Å². The summed E-state index contributed by atoms with van der Waals surface area (Å²) in [6.45, 7) is 6.00. The molecule has 1 N–H and O–H groups in total. The average molecular weight is 491 g/mol. The minimum Gasteiger partial charge on any atom is -0.493 e. The Balaban J connectivity index is 1.38. The molecule has 3 aromatic rings. The van der Waals surface area contributed by atoms with Crippen LogP contribution in [0.2, 0.25) is 0 Å². The van der Waals surface area contributed by atoms with Crippen LogP contribution in [0, 0.1) is 13.8 Å². The summed E-state index contributed by atoms with van der Waals surface area (Å²) in [7, 11) is 1.52. The Bertz CT molecular complexity index is 1250. The maximum Gasteiger partial charge on any atom is 0.273 e. The fourth-order valence-electron chi connectivity index (χ4n) is 4.12. The maximum atomic E-state index is 12.8. The summed E-state index contributed by atoms with van der Waals surface area (Å²) in [6.07, 6.45) is 1.53. The molecule has 2 aromatic carbocycles. The van der Waals surface area contributed by atoms with Gasteiger partial charge >= 0.3 is 0 Å². The molecule has 0 atom stereocenters. The molecule has 1 aliphatic rings. The minimum atomic E-state index is -0.296. The number of methoxy groups -OCH3 is 1. The molecule has 1 saturated heterocycles. The molecule has 1 fully saturated rings. The van der Waals surface area contributed by atoms with Crippen LogP contribution in [-0.2, 0) is 9.53 Å². The molecular weight excluding hydrogens is 460 g/mol. The van der Waals surface area contributed by atoms with Crippen LogP contribution in [0.5, 0.6) is 11.5 Å². The van der Waals surface area contributed by atoms with Gasteiger partial charge < -0.3 is 23.7 Å². The normalized spacial score (nSPS) is 13.6. The molecule has 2 heterocycles. The molecule has 0 radical (unpaired) electrons. The first-order valence-corrected chi connectivity index (χ1v) is 11.7. The third-order valence-corrected chi connectivity index (χ3v) is 5.97. The number of nitrogens with zero attached hydrogens (tertiary/aromatic N) is 3. The van der Waals surface area contributed by atoms with E-state index in [9.17, 15) is 9.59 Å². The molecule has 0 aliphatic carbocycles. The second kappa shape index (κ2) is 11.5. The van der Waals surface area contributed by atoms with Crippen molar-refractivity contribution in [3.63, 3.8) is 0 Å². The van der Waals surface area contributed by atoms with Crippen molar-refractivity contribution >= 4 is 18.0 Å². The summed E-state index contributed by atoms with van der Waals surface area (Å²) in [5.74, 6) is 0.524. The Morgan fingerprint density at radius 1 is 1.06 bits per heavy atom. The van der Waals surface area contributed by atoms with Crippen LogP contribution in [0.1, 0.15) is 27.3 Å². The molecule has 2 amide bonds. The predicted octanol–water partition coefficient (Wildman–Crippen LogP) is 3.10. The Kier molecular flexibility index (Phi) is 8.02. The molecule has 0 saturated carbocycles. The zero-order valence-corrected chi connectivity index (χ0v) is 20.7. The third kappa shape index (κ3) is 5.75. The van der Waals surface area contributed by atoms with E-state index in [1.54, 1.807) is 23.1 Å². The Morgan fingerprint density at radius 3 is 2.53 bits per heavy atom. The minimum absolute atomic E-state index is 0.0821. The van der Waals surface area contributed by atoms with Gasteiger partial charge in [0.05, 0.1) is 32.1 Å². The zero-order valence-electron chi connectivity index (χ0n) is 20.7. The van der Waals surface area contributed by atoms with Gasteiger partial charge in [-0.05, 0) is 55.8 Å². The van der Waals surface area contributed by atoms with E-state index < -0.39 is 0 Å². The highest BCUT2D eigenvalue weighted by atomic mass is 16.5. The quantitative estimate of drug-likeness (QED) is 0.387. The van der Waals surface area contributed by atoms with Gasteiger partial charge in [-0.15, -0.1) is 0 Å². The number of morpholine rings is 1. The fourth-order valence-corrected chi connectivity index (χ4v) is 4.12. The lowest BCUT2D eigenvalue weighted by molar-refractivity contribution is -0.137. The van der Waals surface area contributed by atoms with Crippen molar-refractivity contribution in [2.24, 2.45) is 5.10 Å². The lowest BCUT2D eigenvalue weighted by Gasteiger charge is -2.26. The predicted molar refractivity (Wildman–Crippen MR) is 136 cm³/mol. The molecule has 36 heavy (non-hydrogen) atoms. The lowest BCUT2D eigenvalue weighted by atomic mass is 10.2. The van der Waals surface area contributed by atoms with Crippen LogP contribution in [-0.4, -0.2) is 67.5 Å². The highest BCUT2D eigenvalue weighted by Gasteiger charge is 2.18. The molecule has 0 spiro atoms. The van der Waals surface area contributed by atoms with Crippen LogP contribution >= 0.6 is 0 Å². The van der Waals surface area contributed by atoms with E-state index in [1.165, 1.54) is 13.3 Å². The number of rotatable bonds is 8. The molecule has 4 rings (SSSR count). The number of hydrazone groups is 1. The summed E-state index contributed by atoms with van der Waals surface area (Å²) in [5, 5.41) is 4.11. The second-order valence-electron chi connectivity index (χ2n) is 8.35. The summed E-state index contributed by atoms with van der Waals surface area (Å²) in [5.41, 5.74) is 6.64. The number of hydrogen-bond acceptors (Lipinski definition) is 6. The highest BCUT2D eigenvalue weighted by molar-refractivity contribution is 5.96. The smallest absolute Gasteiger partial charge is 0.273 e. The summed E-state index contributed by atoms with van der Waals surface area (Å²) in [6, 6.07) is 16.9. The summed E-state index contributed by atoms with van der Waals surface area (Å²) >= 11 is 0. The molecule has 1 aliphatic heterocycles. The second-order valence-corrected chi connectivity index (χ2v) is 8.35. The van der Waals surface area contributed by atoms with E-state index in [1.807, 2.05) is 54.8 Å². The van der Waals surface area contributed by atoms with E-state index in [0.29, 0.717) is 48.9 Å². The first-order valence-electron chi connectivity index (χ1n) is 11.7. The number of benzene rings is 2. The molecule has 188 valence electrons. The van der Waals surface area contributed by atoms with Gasteiger partial charge in [-0.25, -0.2) is 5.43 Å². The van der Waals surface area contributed by atoms with Crippen LogP contribution < -0.4 is 14.9 Å². The number of nitrogens with one attached hydrogen (secondary N) is 1. The first kappa shape index (κ1) is 25.0. The third-order valence-electron chi connectivity index (χ3n) is 5.97. The topological polar surface area (TPSA) is 94.4 Å². The van der Waals surface area contributed by atoms with Crippen molar-refractivity contribution in [2.75, 3.05) is 40.0 Å². The van der Waals surface area contributed by atoms with E-state index >= 15 is 0 Å². The molecular formula is C27H30N4O5. The van der Waals surface area contributed by atoms with Crippen molar-refractivity contribution in [3.8, 4) is 17.2 Å². The van der Waals surface area contributed by atoms with Crippen molar-refractivity contribution in [1.82, 2.24) is 14.9 Å². The number of hydrogen-bond donors (Lipinski definition) is 1. The first-order chi connectivity index (χ1) is 17.5. The average Bonchev–Trinajstić information content (AvgIpc) is 3.22. The van der Waals surface area contributed by atoms with Gasteiger partial charge in [-0.1, -0.05) is 18.2 Å². The number of aromatic nitrogens is 1. The Morgan fingerprint density at radius 2 is 1.81 bits per heavy atom. The standard InChI is InChI=1S/C27H30N4O5/c1-19-15-23(20(2)31(19)22-7-5-4-6-8-22)27(33)29-28-17-21-9-10-24(25(16-21)34-3)36-18-26(32)30-11-13-35-14-12-30/h4-10,15-17H,11-14,18H2,1-3H3,(H,29,33)/b28-17+. The van der Waals surface area contributed by atoms with Gasteiger partial charge in [-0.3, -0.25) is 9.59 Å². The number of carbonyl (C=O) groups excluding carboxylic acids is 2. The molecule has 9 nitrogen and oxygen atoms in total. The molecule has 1 aromatic heterocycles. The van der Waals surface area contributed by atoms with Crippen LogP contribution in [0.25, 0.3) is 5.69 Å². The van der Waals surface area contributed by atoms with E-state index in [-0.39, 0.29) is 18.4 Å². The maximum absolute atomic E-state index is 12.8. The van der Waals surface area contributed by atoms with Crippen molar-refractivity contribution in [3.05, 3.63) is 77.1 Å². The summed E-state index contributed by atoms with van der Waals surface area (Å²) in [4.78, 5) is 26.8. The largest absolute Gasteiger partial charge is 0.493 e. The van der Waals surface area contributed by atoms with E-state index in [4.69, 9.17) is 14.2 Å². The molecule has 0 bridgehead atoms. The number of carbonyl (C=O) groups is 2. The van der Waals surface area contributed by atoms with Crippen molar-refractivity contribution in [2.45, 2.75) is 13.8 Å². The summed E-state index contributed by atoms with van der Waals surface area (Å²) < 4.78 is 18.4. The number of aryl methyl sites for hydroxylation is 1. The SMILES string of the molecule is COc1cc(/C=N/NC(=O)c2cc(C)n(-c3ccccc3)c2C)ccc1OCC(=O)N1CCOCC1. The zero-order chi connectivity index (χ0) is 25.5. The van der Waals surface area contributed by atoms with Gasteiger partial charge in [0.1, 0.15) is 0 Å². The van der Waals surface area contributed by atoms with Crippen molar-refractivity contribution < 1.29 is 23.8 Å². The van der Waals surface area contributed by atoms with Gasteiger partial charge in [-0.2, -0.15) is 5.10 Å².